The molecule has 0 saturated carbocycles. The van der Waals surface area contributed by atoms with Crippen molar-refractivity contribution < 1.29 is 4.79 Å². The lowest BCUT2D eigenvalue weighted by atomic mass is 10.1. The van der Waals surface area contributed by atoms with Gasteiger partial charge in [-0.2, -0.15) is 0 Å². The van der Waals surface area contributed by atoms with E-state index in [1.165, 1.54) is 12.1 Å². The quantitative estimate of drug-likeness (QED) is 0.831. The first kappa shape index (κ1) is 15.0. The van der Waals surface area contributed by atoms with Crippen LogP contribution in [-0.2, 0) is 6.54 Å². The van der Waals surface area contributed by atoms with Gasteiger partial charge in [0.05, 0.1) is 10.6 Å². The highest BCUT2D eigenvalue weighted by Crippen LogP contribution is 2.27. The van der Waals surface area contributed by atoms with Gasteiger partial charge in [-0.05, 0) is 23.8 Å². The number of nitrogen functional groups attached to an aromatic ring is 1. The molecule has 2 aromatic rings. The Bertz CT molecular complexity index is 636. The van der Waals surface area contributed by atoms with Gasteiger partial charge in [0.25, 0.3) is 5.91 Å². The van der Waals surface area contributed by atoms with Crippen LogP contribution in [-0.4, -0.2) is 5.91 Å². The summed E-state index contributed by atoms with van der Waals surface area (Å²) in [5.41, 5.74) is 7.02. The molecule has 2 aromatic carbocycles. The summed E-state index contributed by atoms with van der Waals surface area (Å²) in [4.78, 5) is 12.1. The first-order chi connectivity index (χ1) is 9.49. The maximum Gasteiger partial charge on any atom is 0.255 e. The topological polar surface area (TPSA) is 55.1 Å². The highest BCUT2D eigenvalue weighted by molar-refractivity contribution is 6.37. The van der Waals surface area contributed by atoms with Crippen LogP contribution in [0.1, 0.15) is 15.9 Å². The Morgan fingerprint density at radius 1 is 1.10 bits per heavy atom. The van der Waals surface area contributed by atoms with Crippen molar-refractivity contribution in [3.63, 3.8) is 0 Å². The predicted molar refractivity (Wildman–Crippen MR) is 83.5 cm³/mol. The van der Waals surface area contributed by atoms with Crippen LogP contribution in [0.15, 0.2) is 36.4 Å². The van der Waals surface area contributed by atoms with E-state index < -0.39 is 0 Å². The lowest BCUT2D eigenvalue weighted by Gasteiger charge is -2.10. The molecule has 0 aliphatic carbocycles. The van der Waals surface area contributed by atoms with Crippen LogP contribution < -0.4 is 11.1 Å². The molecule has 0 saturated heterocycles. The molecule has 0 heterocycles. The van der Waals surface area contributed by atoms with E-state index in [0.29, 0.717) is 10.0 Å². The molecule has 0 spiro atoms. The summed E-state index contributed by atoms with van der Waals surface area (Å²) in [7, 11) is 0. The van der Waals surface area contributed by atoms with Crippen molar-refractivity contribution in [3.05, 3.63) is 62.6 Å². The number of halogens is 3. The van der Waals surface area contributed by atoms with E-state index in [1.807, 2.05) is 18.2 Å². The third kappa shape index (κ3) is 3.37. The van der Waals surface area contributed by atoms with Crippen molar-refractivity contribution in [2.24, 2.45) is 0 Å². The zero-order valence-corrected chi connectivity index (χ0v) is 12.6. The fraction of sp³-hybridized carbons (Fsp3) is 0.0714. The van der Waals surface area contributed by atoms with Gasteiger partial charge in [0.1, 0.15) is 0 Å². The van der Waals surface area contributed by atoms with E-state index in [2.05, 4.69) is 5.32 Å². The molecule has 6 heteroatoms. The number of nitrogens with two attached hydrogens (primary N) is 1. The number of rotatable bonds is 3. The molecule has 0 aliphatic rings. The average molecular weight is 330 g/mol. The second-order valence-corrected chi connectivity index (χ2v) is 5.38. The predicted octanol–water partition coefficient (Wildman–Crippen LogP) is 4.16. The molecule has 0 bridgehead atoms. The summed E-state index contributed by atoms with van der Waals surface area (Å²) >= 11 is 17.8. The summed E-state index contributed by atoms with van der Waals surface area (Å²) in [5, 5.41) is 3.91. The summed E-state index contributed by atoms with van der Waals surface area (Å²) in [6.45, 7) is 0.289. The van der Waals surface area contributed by atoms with Gasteiger partial charge in [-0.3, -0.25) is 4.79 Å². The van der Waals surface area contributed by atoms with E-state index in [0.717, 1.165) is 5.56 Å². The van der Waals surface area contributed by atoms with Crippen molar-refractivity contribution in [2.75, 3.05) is 5.73 Å². The van der Waals surface area contributed by atoms with Crippen LogP contribution in [0.2, 0.25) is 15.1 Å². The Morgan fingerprint density at radius 2 is 1.80 bits per heavy atom. The van der Waals surface area contributed by atoms with Gasteiger partial charge in [-0.15, -0.1) is 0 Å². The number of anilines is 1. The Balaban J connectivity index is 2.16. The number of amides is 1. The minimum Gasteiger partial charge on any atom is -0.398 e. The van der Waals surface area contributed by atoms with Gasteiger partial charge in [0.2, 0.25) is 0 Å². The third-order valence-corrected chi connectivity index (χ3v) is 3.59. The average Bonchev–Trinajstić information content (AvgIpc) is 2.36. The summed E-state index contributed by atoms with van der Waals surface area (Å²) < 4.78 is 0. The largest absolute Gasteiger partial charge is 0.398 e. The van der Waals surface area contributed by atoms with E-state index in [1.54, 1.807) is 6.07 Å². The summed E-state index contributed by atoms with van der Waals surface area (Å²) in [6.07, 6.45) is 0. The minimum absolute atomic E-state index is 0.211. The molecule has 104 valence electrons. The van der Waals surface area contributed by atoms with Crippen molar-refractivity contribution >= 4 is 46.4 Å². The lowest BCUT2D eigenvalue weighted by Crippen LogP contribution is -2.24. The van der Waals surface area contributed by atoms with Gasteiger partial charge in [0.15, 0.2) is 0 Å². The molecule has 0 atom stereocenters. The maximum absolute atomic E-state index is 12.1. The first-order valence-corrected chi connectivity index (χ1v) is 6.88. The number of hydrogen-bond acceptors (Lipinski definition) is 2. The first-order valence-electron chi connectivity index (χ1n) is 5.75. The van der Waals surface area contributed by atoms with E-state index in [-0.39, 0.29) is 28.7 Å². The SMILES string of the molecule is Nc1cc(Cl)cc(Cl)c1C(=O)NCc1ccccc1Cl. The Kier molecular flexibility index (Phi) is 4.76. The normalized spacial score (nSPS) is 10.3. The Morgan fingerprint density at radius 3 is 2.45 bits per heavy atom. The highest BCUT2D eigenvalue weighted by atomic mass is 35.5. The highest BCUT2D eigenvalue weighted by Gasteiger charge is 2.15. The summed E-state index contributed by atoms with van der Waals surface area (Å²) in [5.74, 6) is -0.371. The van der Waals surface area contributed by atoms with Gasteiger partial charge in [-0.25, -0.2) is 0 Å². The van der Waals surface area contributed by atoms with Crippen LogP contribution in [0.4, 0.5) is 5.69 Å². The zero-order chi connectivity index (χ0) is 14.7. The van der Waals surface area contributed by atoms with E-state index in [4.69, 9.17) is 40.5 Å². The second-order valence-electron chi connectivity index (χ2n) is 4.13. The van der Waals surface area contributed by atoms with E-state index >= 15 is 0 Å². The molecule has 2 rings (SSSR count). The van der Waals surface area contributed by atoms with Gasteiger partial charge in [-0.1, -0.05) is 53.0 Å². The molecule has 3 nitrogen and oxygen atoms in total. The standard InChI is InChI=1S/C14H11Cl3N2O/c15-9-5-11(17)13(12(18)6-9)14(20)19-7-8-3-1-2-4-10(8)16/h1-6H,7,18H2,(H,19,20). The Hall–Kier alpha value is -1.42. The lowest BCUT2D eigenvalue weighted by molar-refractivity contribution is 0.0952. The van der Waals surface area contributed by atoms with Crippen LogP contribution in [0, 0.1) is 0 Å². The number of hydrogen-bond donors (Lipinski definition) is 2. The Labute approximate surface area is 131 Å². The van der Waals surface area contributed by atoms with Gasteiger partial charge >= 0.3 is 0 Å². The van der Waals surface area contributed by atoms with Crippen LogP contribution in [0.3, 0.4) is 0 Å². The van der Waals surface area contributed by atoms with Crippen LogP contribution in [0.25, 0.3) is 0 Å². The summed E-state index contributed by atoms with van der Waals surface area (Å²) in [6, 6.07) is 10.2. The van der Waals surface area contributed by atoms with Crippen LogP contribution >= 0.6 is 34.8 Å². The molecule has 0 fully saturated rings. The third-order valence-electron chi connectivity index (χ3n) is 2.71. The molecule has 0 radical (unpaired) electrons. The molecular formula is C14H11Cl3N2O. The number of benzene rings is 2. The van der Waals surface area contributed by atoms with Crippen molar-refractivity contribution in [2.45, 2.75) is 6.54 Å². The van der Waals surface area contributed by atoms with Gasteiger partial charge < -0.3 is 11.1 Å². The fourth-order valence-corrected chi connectivity index (χ4v) is 2.54. The molecule has 1 amide bonds. The van der Waals surface area contributed by atoms with Gasteiger partial charge in [0, 0.05) is 22.3 Å². The van der Waals surface area contributed by atoms with Crippen molar-refractivity contribution in [1.29, 1.82) is 0 Å². The van der Waals surface area contributed by atoms with Crippen molar-refractivity contribution in [3.8, 4) is 0 Å². The van der Waals surface area contributed by atoms with E-state index in [9.17, 15) is 4.79 Å². The minimum atomic E-state index is -0.371. The molecular weight excluding hydrogens is 319 g/mol. The second kappa shape index (κ2) is 6.35. The fourth-order valence-electron chi connectivity index (χ4n) is 1.74. The molecule has 20 heavy (non-hydrogen) atoms. The molecule has 3 N–H and O–H groups in total. The molecule has 0 aromatic heterocycles. The van der Waals surface area contributed by atoms with Crippen LogP contribution in [0.5, 0.6) is 0 Å². The number of carbonyl (C=O) groups is 1. The number of nitrogens with one attached hydrogen (secondary N) is 1. The molecule has 0 aliphatic heterocycles. The number of carbonyl (C=O) groups excluding carboxylic acids is 1. The monoisotopic (exact) mass is 328 g/mol. The maximum atomic E-state index is 12.1. The zero-order valence-electron chi connectivity index (χ0n) is 10.3. The molecule has 0 unspecified atom stereocenters. The van der Waals surface area contributed by atoms with Crippen molar-refractivity contribution in [1.82, 2.24) is 5.32 Å². The smallest absolute Gasteiger partial charge is 0.255 e.